The van der Waals surface area contributed by atoms with Crippen molar-refractivity contribution in [2.75, 3.05) is 6.61 Å². The van der Waals surface area contributed by atoms with E-state index in [0.717, 1.165) is 0 Å². The Hall–Kier alpha value is -2.51. The minimum Gasteiger partial charge on any atom is -0.506 e. The number of rotatable bonds is 2. The van der Waals surface area contributed by atoms with Crippen LogP contribution in [-0.4, -0.2) is 17.7 Å². The molecule has 0 aliphatic carbocycles. The monoisotopic (exact) mass is 288 g/mol. The molecule has 0 bridgehead atoms. The molecule has 1 aromatic heterocycles. The first-order valence-corrected chi connectivity index (χ1v) is 5.38. The smallest absolute Gasteiger partial charge is 0.354 e. The third-order valence-corrected chi connectivity index (χ3v) is 2.49. The Morgan fingerprint density at radius 1 is 1.35 bits per heavy atom. The molecule has 0 fully saturated rings. The molecule has 1 heterocycles. The molecular formula is C12H7F3O5. The van der Waals surface area contributed by atoms with Crippen LogP contribution in [0, 0.1) is 17.5 Å². The number of ether oxygens (including phenoxy) is 1. The molecule has 0 atom stereocenters. The van der Waals surface area contributed by atoms with Crippen molar-refractivity contribution in [1.29, 1.82) is 0 Å². The van der Waals surface area contributed by atoms with Gasteiger partial charge in [0.1, 0.15) is 5.75 Å². The van der Waals surface area contributed by atoms with E-state index in [2.05, 4.69) is 9.15 Å². The van der Waals surface area contributed by atoms with Crippen molar-refractivity contribution < 1.29 is 32.2 Å². The quantitative estimate of drug-likeness (QED) is 0.520. The zero-order valence-electron chi connectivity index (χ0n) is 10.00. The van der Waals surface area contributed by atoms with Crippen molar-refractivity contribution in [2.24, 2.45) is 0 Å². The van der Waals surface area contributed by atoms with Crippen LogP contribution in [0.25, 0.3) is 11.0 Å². The molecule has 8 heteroatoms. The summed E-state index contributed by atoms with van der Waals surface area (Å²) in [6, 6.07) is 0.411. The summed E-state index contributed by atoms with van der Waals surface area (Å²) >= 11 is 0. The summed E-state index contributed by atoms with van der Waals surface area (Å²) in [5, 5.41) is 9.10. The van der Waals surface area contributed by atoms with Crippen LogP contribution >= 0.6 is 0 Å². The van der Waals surface area contributed by atoms with Gasteiger partial charge < -0.3 is 14.3 Å². The topological polar surface area (TPSA) is 76.7 Å². The van der Waals surface area contributed by atoms with Crippen LogP contribution in [0.3, 0.4) is 0 Å². The van der Waals surface area contributed by atoms with Gasteiger partial charge in [-0.3, -0.25) is 0 Å². The lowest BCUT2D eigenvalue weighted by Gasteiger charge is -2.07. The summed E-state index contributed by atoms with van der Waals surface area (Å²) in [5.74, 6) is -7.49. The summed E-state index contributed by atoms with van der Waals surface area (Å²) in [7, 11) is 0. The third-order valence-electron chi connectivity index (χ3n) is 2.49. The molecule has 2 aromatic rings. The normalized spacial score (nSPS) is 10.8. The summed E-state index contributed by atoms with van der Waals surface area (Å²) in [6.45, 7) is 1.36. The predicted molar refractivity (Wildman–Crippen MR) is 60.0 cm³/mol. The lowest BCUT2D eigenvalue weighted by molar-refractivity contribution is 0.0518. The van der Waals surface area contributed by atoms with E-state index >= 15 is 0 Å². The second-order valence-corrected chi connectivity index (χ2v) is 3.70. The van der Waals surface area contributed by atoms with Gasteiger partial charge in [0.15, 0.2) is 22.8 Å². The molecule has 106 valence electrons. The number of hydrogen-bond acceptors (Lipinski definition) is 5. The number of carbonyl (C=O) groups is 1. The van der Waals surface area contributed by atoms with E-state index in [1.54, 1.807) is 0 Å². The van der Waals surface area contributed by atoms with E-state index in [9.17, 15) is 27.9 Å². The van der Waals surface area contributed by atoms with E-state index in [0.29, 0.717) is 6.07 Å². The maximum absolute atomic E-state index is 13.4. The van der Waals surface area contributed by atoms with Gasteiger partial charge in [0.05, 0.1) is 12.0 Å². The zero-order chi connectivity index (χ0) is 15.0. The average molecular weight is 288 g/mol. The molecule has 0 spiro atoms. The van der Waals surface area contributed by atoms with Crippen molar-refractivity contribution in [1.82, 2.24) is 0 Å². The van der Waals surface area contributed by atoms with Gasteiger partial charge in [-0.05, 0) is 13.0 Å². The zero-order valence-corrected chi connectivity index (χ0v) is 10.00. The molecule has 5 nitrogen and oxygen atoms in total. The van der Waals surface area contributed by atoms with Crippen LogP contribution in [-0.2, 0) is 4.74 Å². The minimum absolute atomic E-state index is 0.0953. The summed E-state index contributed by atoms with van der Waals surface area (Å²) < 4.78 is 48.5. The number of fused-ring (bicyclic) bond motifs is 1. The number of esters is 1. The van der Waals surface area contributed by atoms with E-state index in [1.807, 2.05) is 0 Å². The second-order valence-electron chi connectivity index (χ2n) is 3.70. The first-order chi connectivity index (χ1) is 9.38. The molecule has 0 aliphatic rings. The van der Waals surface area contributed by atoms with Gasteiger partial charge in [0, 0.05) is 0 Å². The molecule has 1 aromatic carbocycles. The summed E-state index contributed by atoms with van der Waals surface area (Å²) in [6.07, 6.45) is 0. The van der Waals surface area contributed by atoms with Crippen LogP contribution in [0.4, 0.5) is 13.2 Å². The van der Waals surface area contributed by atoms with Gasteiger partial charge in [-0.25, -0.2) is 18.4 Å². The standard InChI is InChI=1S/C12H7F3O5/c1-2-19-11(17)6-9(16)4-3-5(13)7(14)8(15)10(4)20-12(6)18/h3,16H,2H2,1H3. The van der Waals surface area contributed by atoms with Gasteiger partial charge in [-0.2, -0.15) is 4.39 Å². The largest absolute Gasteiger partial charge is 0.506 e. The third kappa shape index (κ3) is 1.98. The van der Waals surface area contributed by atoms with Crippen LogP contribution in [0.1, 0.15) is 17.3 Å². The van der Waals surface area contributed by atoms with Crippen molar-refractivity contribution in [3.05, 3.63) is 39.5 Å². The lowest BCUT2D eigenvalue weighted by atomic mass is 10.1. The average Bonchev–Trinajstić information content (AvgIpc) is 2.38. The maximum atomic E-state index is 13.4. The van der Waals surface area contributed by atoms with E-state index in [-0.39, 0.29) is 6.61 Å². The fourth-order valence-electron chi connectivity index (χ4n) is 1.61. The summed E-state index contributed by atoms with van der Waals surface area (Å²) in [5.41, 5.74) is -3.32. The Morgan fingerprint density at radius 3 is 2.60 bits per heavy atom. The highest BCUT2D eigenvalue weighted by Gasteiger charge is 2.26. The van der Waals surface area contributed by atoms with Crippen LogP contribution in [0.15, 0.2) is 15.3 Å². The fraction of sp³-hybridized carbons (Fsp3) is 0.167. The van der Waals surface area contributed by atoms with E-state index in [4.69, 9.17) is 0 Å². The van der Waals surface area contributed by atoms with Gasteiger partial charge in [-0.1, -0.05) is 0 Å². The van der Waals surface area contributed by atoms with Crippen molar-refractivity contribution in [3.8, 4) is 5.75 Å². The Bertz CT molecular complexity index is 766. The Morgan fingerprint density at radius 2 is 2.00 bits per heavy atom. The predicted octanol–water partition coefficient (Wildman–Crippen LogP) is 2.09. The van der Waals surface area contributed by atoms with E-state index < -0.39 is 51.3 Å². The number of halogens is 3. The number of benzene rings is 1. The van der Waals surface area contributed by atoms with Gasteiger partial charge >= 0.3 is 11.6 Å². The van der Waals surface area contributed by atoms with Crippen LogP contribution in [0.2, 0.25) is 0 Å². The Labute approximate surface area is 109 Å². The highest BCUT2D eigenvalue weighted by atomic mass is 19.2. The highest BCUT2D eigenvalue weighted by molar-refractivity contribution is 5.98. The van der Waals surface area contributed by atoms with Gasteiger partial charge in [-0.15, -0.1) is 0 Å². The first kappa shape index (κ1) is 13.9. The Balaban J connectivity index is 2.86. The second kappa shape index (κ2) is 4.87. The highest BCUT2D eigenvalue weighted by Crippen LogP contribution is 2.30. The molecule has 20 heavy (non-hydrogen) atoms. The van der Waals surface area contributed by atoms with Crippen molar-refractivity contribution in [3.63, 3.8) is 0 Å². The van der Waals surface area contributed by atoms with Crippen LogP contribution < -0.4 is 5.63 Å². The van der Waals surface area contributed by atoms with Gasteiger partial charge in [0.2, 0.25) is 5.82 Å². The SMILES string of the molecule is CCOC(=O)c1c(O)c2cc(F)c(F)c(F)c2oc1=O. The summed E-state index contributed by atoms with van der Waals surface area (Å²) in [4.78, 5) is 23.0. The molecule has 0 aliphatic heterocycles. The number of carbonyl (C=O) groups excluding carboxylic acids is 1. The van der Waals surface area contributed by atoms with Crippen LogP contribution in [0.5, 0.6) is 5.75 Å². The maximum Gasteiger partial charge on any atom is 0.354 e. The minimum atomic E-state index is -1.86. The van der Waals surface area contributed by atoms with E-state index in [1.165, 1.54) is 6.92 Å². The molecule has 0 unspecified atom stereocenters. The number of aromatic hydroxyl groups is 1. The molecule has 1 N–H and O–H groups in total. The Kier molecular flexibility index (Phi) is 3.39. The fourth-order valence-corrected chi connectivity index (χ4v) is 1.61. The molecule has 0 amide bonds. The lowest BCUT2D eigenvalue weighted by Crippen LogP contribution is -2.17. The first-order valence-electron chi connectivity index (χ1n) is 5.38. The van der Waals surface area contributed by atoms with Crippen molar-refractivity contribution >= 4 is 16.9 Å². The molecule has 0 radical (unpaired) electrons. The molecule has 2 rings (SSSR count). The van der Waals surface area contributed by atoms with Crippen molar-refractivity contribution in [2.45, 2.75) is 6.92 Å². The molecule has 0 saturated heterocycles. The van der Waals surface area contributed by atoms with Gasteiger partial charge in [0.25, 0.3) is 0 Å². The number of hydrogen-bond donors (Lipinski definition) is 1. The molecular weight excluding hydrogens is 281 g/mol. The molecule has 0 saturated carbocycles.